The molecule has 0 unspecified atom stereocenters. The number of rotatable bonds is 5. The molecule has 8 nitrogen and oxygen atoms in total. The maximum Gasteiger partial charge on any atom is 0.330 e. The number of aliphatic hydroxyl groups is 1. The van der Waals surface area contributed by atoms with Gasteiger partial charge < -0.3 is 15.0 Å². The molecule has 0 fully saturated rings. The molecule has 0 radical (unpaired) electrons. The zero-order chi connectivity index (χ0) is 14.9. The Bertz CT molecular complexity index is 725. The van der Waals surface area contributed by atoms with Gasteiger partial charge in [-0.3, -0.25) is 14.3 Å². The number of anilines is 1. The molecule has 0 amide bonds. The van der Waals surface area contributed by atoms with Crippen LogP contribution in [-0.2, 0) is 6.54 Å². The van der Waals surface area contributed by atoms with Crippen LogP contribution >= 0.6 is 0 Å². The SMILES string of the molecule is CCn1c(NCCO)nc2c1c(=O)[nH]c(=O)n2C(C)C. The summed E-state index contributed by atoms with van der Waals surface area (Å²) < 4.78 is 3.15. The summed E-state index contributed by atoms with van der Waals surface area (Å²) in [6.07, 6.45) is 0. The number of aryl methyl sites for hydroxylation is 1. The monoisotopic (exact) mass is 281 g/mol. The Balaban J connectivity index is 2.81. The van der Waals surface area contributed by atoms with Crippen LogP contribution in [0.25, 0.3) is 11.2 Å². The molecule has 2 rings (SSSR count). The van der Waals surface area contributed by atoms with Crippen molar-refractivity contribution in [2.45, 2.75) is 33.4 Å². The molecule has 0 aliphatic rings. The zero-order valence-electron chi connectivity index (χ0n) is 11.8. The van der Waals surface area contributed by atoms with Crippen molar-refractivity contribution >= 4 is 17.1 Å². The standard InChI is InChI=1S/C12H19N5O3/c1-4-16-8-9(14-11(16)13-5-6-18)17(7(2)3)12(20)15-10(8)19/h7,18H,4-6H2,1-3H3,(H,13,14)(H,15,19,20). The van der Waals surface area contributed by atoms with Gasteiger partial charge in [0.1, 0.15) is 0 Å². The molecule has 0 saturated carbocycles. The van der Waals surface area contributed by atoms with Crippen LogP contribution in [0.4, 0.5) is 5.95 Å². The van der Waals surface area contributed by atoms with Crippen LogP contribution in [0.1, 0.15) is 26.8 Å². The molecular weight excluding hydrogens is 262 g/mol. The molecule has 8 heteroatoms. The molecule has 110 valence electrons. The van der Waals surface area contributed by atoms with Crippen molar-refractivity contribution in [1.82, 2.24) is 19.1 Å². The average Bonchev–Trinajstić information content (AvgIpc) is 2.74. The first-order valence-electron chi connectivity index (χ1n) is 6.61. The lowest BCUT2D eigenvalue weighted by Crippen LogP contribution is -2.32. The normalized spacial score (nSPS) is 11.4. The van der Waals surface area contributed by atoms with E-state index < -0.39 is 11.2 Å². The molecule has 0 aliphatic heterocycles. The van der Waals surface area contributed by atoms with E-state index in [0.29, 0.717) is 30.2 Å². The van der Waals surface area contributed by atoms with Gasteiger partial charge in [-0.05, 0) is 20.8 Å². The van der Waals surface area contributed by atoms with Crippen molar-refractivity contribution < 1.29 is 5.11 Å². The number of H-pyrrole nitrogens is 1. The summed E-state index contributed by atoms with van der Waals surface area (Å²) in [5, 5.41) is 11.8. The maximum absolute atomic E-state index is 12.0. The highest BCUT2D eigenvalue weighted by molar-refractivity contribution is 5.74. The van der Waals surface area contributed by atoms with E-state index in [0.717, 1.165) is 0 Å². The van der Waals surface area contributed by atoms with Gasteiger partial charge in [0.05, 0.1) is 6.61 Å². The van der Waals surface area contributed by atoms with Crippen LogP contribution in [0.15, 0.2) is 9.59 Å². The van der Waals surface area contributed by atoms with E-state index in [9.17, 15) is 9.59 Å². The zero-order valence-corrected chi connectivity index (χ0v) is 11.8. The van der Waals surface area contributed by atoms with Gasteiger partial charge in [0, 0.05) is 19.1 Å². The van der Waals surface area contributed by atoms with Crippen molar-refractivity contribution in [2.75, 3.05) is 18.5 Å². The van der Waals surface area contributed by atoms with Crippen LogP contribution in [-0.4, -0.2) is 37.4 Å². The lowest BCUT2D eigenvalue weighted by atomic mass is 10.3. The number of imidazole rings is 1. The van der Waals surface area contributed by atoms with Crippen molar-refractivity contribution in [3.63, 3.8) is 0 Å². The number of aliphatic hydroxyl groups excluding tert-OH is 1. The Morgan fingerprint density at radius 1 is 1.40 bits per heavy atom. The number of hydrogen-bond donors (Lipinski definition) is 3. The van der Waals surface area contributed by atoms with Crippen molar-refractivity contribution in [3.8, 4) is 0 Å². The Morgan fingerprint density at radius 2 is 2.10 bits per heavy atom. The molecule has 0 spiro atoms. The molecule has 20 heavy (non-hydrogen) atoms. The highest BCUT2D eigenvalue weighted by Crippen LogP contribution is 2.17. The van der Waals surface area contributed by atoms with Gasteiger partial charge in [0.2, 0.25) is 5.95 Å². The molecule has 2 aromatic heterocycles. The van der Waals surface area contributed by atoms with Gasteiger partial charge in [0.15, 0.2) is 11.2 Å². The van der Waals surface area contributed by atoms with E-state index in [1.807, 2.05) is 20.8 Å². The van der Waals surface area contributed by atoms with Gasteiger partial charge >= 0.3 is 5.69 Å². The first-order chi connectivity index (χ1) is 9.51. The number of aromatic nitrogens is 4. The van der Waals surface area contributed by atoms with Crippen molar-refractivity contribution in [2.24, 2.45) is 0 Å². The quantitative estimate of drug-likeness (QED) is 0.709. The molecule has 2 heterocycles. The predicted molar refractivity (Wildman–Crippen MR) is 76.2 cm³/mol. The van der Waals surface area contributed by atoms with E-state index in [1.54, 1.807) is 4.57 Å². The highest BCUT2D eigenvalue weighted by Gasteiger charge is 2.18. The third-order valence-electron chi connectivity index (χ3n) is 3.06. The van der Waals surface area contributed by atoms with Gasteiger partial charge in [0.25, 0.3) is 5.56 Å². The van der Waals surface area contributed by atoms with Gasteiger partial charge in [-0.25, -0.2) is 4.79 Å². The largest absolute Gasteiger partial charge is 0.395 e. The van der Waals surface area contributed by atoms with Crippen LogP contribution in [0, 0.1) is 0 Å². The molecule has 0 atom stereocenters. The van der Waals surface area contributed by atoms with Crippen molar-refractivity contribution in [1.29, 1.82) is 0 Å². The summed E-state index contributed by atoms with van der Waals surface area (Å²) in [7, 11) is 0. The lowest BCUT2D eigenvalue weighted by Gasteiger charge is -2.09. The summed E-state index contributed by atoms with van der Waals surface area (Å²) in [4.78, 5) is 30.6. The number of nitrogens with zero attached hydrogens (tertiary/aromatic N) is 3. The van der Waals surface area contributed by atoms with Crippen LogP contribution < -0.4 is 16.6 Å². The second kappa shape index (κ2) is 5.49. The van der Waals surface area contributed by atoms with Crippen LogP contribution in [0.5, 0.6) is 0 Å². The maximum atomic E-state index is 12.0. The molecule has 0 aromatic carbocycles. The molecule has 0 saturated heterocycles. The number of fused-ring (bicyclic) bond motifs is 1. The van der Waals surface area contributed by atoms with E-state index in [1.165, 1.54) is 4.57 Å². The lowest BCUT2D eigenvalue weighted by molar-refractivity contribution is 0.310. The third kappa shape index (κ3) is 2.22. The number of aromatic amines is 1. The summed E-state index contributed by atoms with van der Waals surface area (Å²) in [6, 6.07) is -0.118. The Labute approximate surface area is 115 Å². The summed E-state index contributed by atoms with van der Waals surface area (Å²) in [5.41, 5.74) is -0.197. The highest BCUT2D eigenvalue weighted by atomic mass is 16.3. The molecular formula is C12H19N5O3. The minimum atomic E-state index is -0.466. The number of hydrogen-bond acceptors (Lipinski definition) is 5. The van der Waals surface area contributed by atoms with E-state index in [-0.39, 0.29) is 12.6 Å². The second-order valence-corrected chi connectivity index (χ2v) is 4.73. The molecule has 3 N–H and O–H groups in total. The molecule has 0 aliphatic carbocycles. The molecule has 2 aromatic rings. The smallest absolute Gasteiger partial charge is 0.330 e. The van der Waals surface area contributed by atoms with Crippen LogP contribution in [0.2, 0.25) is 0 Å². The van der Waals surface area contributed by atoms with Gasteiger partial charge in [-0.15, -0.1) is 0 Å². The van der Waals surface area contributed by atoms with E-state index >= 15 is 0 Å². The fraction of sp³-hybridized carbons (Fsp3) is 0.583. The van der Waals surface area contributed by atoms with Crippen LogP contribution in [0.3, 0.4) is 0 Å². The minimum absolute atomic E-state index is 0.0414. The van der Waals surface area contributed by atoms with E-state index in [4.69, 9.17) is 5.11 Å². The number of nitrogens with one attached hydrogen (secondary N) is 2. The van der Waals surface area contributed by atoms with Gasteiger partial charge in [-0.1, -0.05) is 0 Å². The topological polar surface area (TPSA) is 105 Å². The second-order valence-electron chi connectivity index (χ2n) is 4.73. The fourth-order valence-electron chi connectivity index (χ4n) is 2.23. The minimum Gasteiger partial charge on any atom is -0.395 e. The molecule has 0 bridgehead atoms. The first-order valence-corrected chi connectivity index (χ1v) is 6.61. The van der Waals surface area contributed by atoms with Crippen molar-refractivity contribution in [3.05, 3.63) is 20.8 Å². The van der Waals surface area contributed by atoms with Gasteiger partial charge in [-0.2, -0.15) is 4.98 Å². The summed E-state index contributed by atoms with van der Waals surface area (Å²) in [6.45, 7) is 6.41. The Morgan fingerprint density at radius 3 is 2.65 bits per heavy atom. The predicted octanol–water partition coefficient (Wildman–Crippen LogP) is -0.109. The average molecular weight is 281 g/mol. The fourth-order valence-corrected chi connectivity index (χ4v) is 2.23. The van der Waals surface area contributed by atoms with E-state index in [2.05, 4.69) is 15.3 Å². The third-order valence-corrected chi connectivity index (χ3v) is 3.06. The Hall–Kier alpha value is -2.09. The Kier molecular flexibility index (Phi) is 3.93. The summed E-state index contributed by atoms with van der Waals surface area (Å²) in [5.74, 6) is 0.474. The summed E-state index contributed by atoms with van der Waals surface area (Å²) >= 11 is 0. The first kappa shape index (κ1) is 14.3.